The van der Waals surface area contributed by atoms with Crippen LogP contribution in [0.3, 0.4) is 0 Å². The van der Waals surface area contributed by atoms with Gasteiger partial charge in [0.05, 0.1) is 0 Å². The monoisotopic (exact) mass is 183 g/mol. The first-order chi connectivity index (χ1) is 4.15. The molecule has 1 nitrogen and oxygen atoms in total. The van der Waals surface area contributed by atoms with Crippen LogP contribution < -0.4 is 51.4 Å². The Bertz CT molecular complexity index is 28.0. The number of hydrogen-bond donors (Lipinski definition) is 0. The van der Waals surface area contributed by atoms with Crippen molar-refractivity contribution >= 4 is 6.72 Å². The van der Waals surface area contributed by atoms with Crippen LogP contribution in [0.15, 0.2) is 0 Å². The topological polar surface area (TPSA) is 22.3 Å². The maximum atomic E-state index is 6.75. The molecular weight excluding hydrogens is 161 g/mol. The second-order valence-electron chi connectivity index (χ2n) is 2.10. The van der Waals surface area contributed by atoms with E-state index in [0.717, 1.165) is 0 Å². The molecule has 0 aromatic rings. The molecule has 2 heteroatoms. The summed E-state index contributed by atoms with van der Waals surface area (Å²) < 4.78 is 0. The van der Waals surface area contributed by atoms with Crippen molar-refractivity contribution in [1.82, 2.24) is 0 Å². The third-order valence-electron chi connectivity index (χ3n) is 0. The predicted octanol–water partition coefficient (Wildman–Crippen LogP) is 0.603. The van der Waals surface area contributed by atoms with E-state index in [-0.39, 0.29) is 58.8 Å². The van der Waals surface area contributed by atoms with Crippen LogP contribution in [0, 0.1) is 20.3 Å². The molecule has 0 aliphatic rings. The van der Waals surface area contributed by atoms with E-state index in [0.29, 0.717) is 5.92 Å². The molecule has 0 aromatic carbocycles. The summed E-state index contributed by atoms with van der Waals surface area (Å²) in [5, 5.41) is 6.75. The molecule has 0 heterocycles. The minimum absolute atomic E-state index is 0. The molecule has 0 atom stereocenters. The molecule has 0 N–H and O–H groups in total. The van der Waals surface area contributed by atoms with Crippen LogP contribution in [0.4, 0.5) is 0 Å². The van der Waals surface area contributed by atoms with Gasteiger partial charge in [-0.25, -0.2) is 6.72 Å². The summed E-state index contributed by atoms with van der Waals surface area (Å²) in [6.45, 7) is 14.2. The zero-order valence-electron chi connectivity index (χ0n) is 9.15. The van der Waals surface area contributed by atoms with Crippen molar-refractivity contribution in [3.63, 3.8) is 0 Å². The third-order valence-corrected chi connectivity index (χ3v) is 0. The molecule has 0 amide bonds. The van der Waals surface area contributed by atoms with Crippen molar-refractivity contribution in [1.29, 1.82) is 0 Å². The third kappa shape index (κ3) is 574. The van der Waals surface area contributed by atoms with Gasteiger partial charge in [-0.3, -0.25) is 0 Å². The Morgan fingerprint density at radius 2 is 1.27 bits per heavy atom. The fourth-order valence-electron chi connectivity index (χ4n) is 0. The van der Waals surface area contributed by atoms with Gasteiger partial charge in [-0.2, -0.15) is 5.92 Å². The Morgan fingerprint density at radius 1 is 1.27 bits per heavy atom. The average molecular weight is 183 g/mol. The minimum atomic E-state index is 0. The van der Waals surface area contributed by atoms with E-state index in [1.807, 2.05) is 0 Å². The summed E-state index contributed by atoms with van der Waals surface area (Å²) in [6, 6.07) is 0. The fourth-order valence-corrected chi connectivity index (χ4v) is 0. The second kappa shape index (κ2) is 42.7. The molecule has 66 valence electrons. The molecule has 0 rings (SSSR count). The molecule has 0 saturated heterocycles. The zero-order valence-corrected chi connectivity index (χ0v) is 12.3. The molecule has 0 aliphatic heterocycles. The molecule has 0 fully saturated rings. The molecule has 0 aromatic heterocycles. The van der Waals surface area contributed by atoms with Gasteiger partial charge in [0.15, 0.2) is 0 Å². The van der Waals surface area contributed by atoms with Crippen LogP contribution in [0.1, 0.15) is 34.1 Å². The Labute approximate surface area is 116 Å². The maximum Gasteiger partial charge on any atom is 1.00 e. The Hall–Kier alpha value is 1.31. The van der Waals surface area contributed by atoms with E-state index < -0.39 is 0 Å². The largest absolute Gasteiger partial charge is 1.00 e. The van der Waals surface area contributed by atoms with E-state index in [4.69, 9.17) is 5.41 Å². The number of rotatable bonds is 0. The quantitative estimate of drug-likeness (QED) is 0.298. The smallest absolute Gasteiger partial charge is 0.817 e. The fraction of sp³-hybridized carbons (Fsp3) is 0.667. The SMILES string of the molecule is C=[N-].CCC.[CH2-]C(C)C.[CH3-].[K+]. The van der Waals surface area contributed by atoms with E-state index in [2.05, 4.69) is 41.3 Å². The number of nitrogens with zero attached hydrogens (tertiary/aromatic N) is 1. The standard InChI is InChI=1S/C4H9.C3H8.CH2N.CH3.K/c1-4(2)3;1-3-2;1-2;;/h4H,1H2,2-3H3;3H2,1-2H3;1H2;1H3;/q-1;;2*-1;+1. The molecule has 0 aliphatic carbocycles. The molecule has 0 unspecified atom stereocenters. The van der Waals surface area contributed by atoms with E-state index in [1.54, 1.807) is 0 Å². The van der Waals surface area contributed by atoms with Gasteiger partial charge < -0.3 is 19.8 Å². The molecule has 0 bridgehead atoms. The summed E-state index contributed by atoms with van der Waals surface area (Å²) in [7, 11) is 0. The zero-order chi connectivity index (χ0) is 8.28. The van der Waals surface area contributed by atoms with E-state index >= 15 is 0 Å². The molecule has 0 radical (unpaired) electrons. The van der Waals surface area contributed by atoms with Gasteiger partial charge in [0.1, 0.15) is 0 Å². The first kappa shape index (κ1) is 29.5. The molecule has 0 saturated carbocycles. The Morgan fingerprint density at radius 3 is 1.27 bits per heavy atom. The summed E-state index contributed by atoms with van der Waals surface area (Å²) in [5.41, 5.74) is 0. The van der Waals surface area contributed by atoms with Gasteiger partial charge >= 0.3 is 51.4 Å². The van der Waals surface area contributed by atoms with Crippen molar-refractivity contribution in [3.8, 4) is 0 Å². The second-order valence-corrected chi connectivity index (χ2v) is 2.10. The van der Waals surface area contributed by atoms with Crippen molar-refractivity contribution in [2.75, 3.05) is 0 Å². The van der Waals surface area contributed by atoms with Crippen LogP contribution >= 0.6 is 0 Å². The van der Waals surface area contributed by atoms with Gasteiger partial charge in [0.2, 0.25) is 0 Å². The van der Waals surface area contributed by atoms with Gasteiger partial charge in [0.25, 0.3) is 0 Å². The average Bonchev–Trinajstić information content (AvgIpc) is 1.71. The van der Waals surface area contributed by atoms with Crippen LogP contribution in [0.2, 0.25) is 0 Å². The van der Waals surface area contributed by atoms with Crippen molar-refractivity contribution < 1.29 is 51.4 Å². The molecular formula is C9H22KN-2. The number of hydrogen-bond acceptors (Lipinski definition) is 0. The summed E-state index contributed by atoms with van der Waals surface area (Å²) in [6.07, 6.45) is 1.25. The normalized spacial score (nSPS) is 5.27. The maximum absolute atomic E-state index is 6.75. The molecule has 0 spiro atoms. The van der Waals surface area contributed by atoms with Crippen molar-refractivity contribution in [3.05, 3.63) is 19.8 Å². The predicted molar refractivity (Wildman–Crippen MR) is 53.1 cm³/mol. The van der Waals surface area contributed by atoms with Crippen LogP contribution in [0.5, 0.6) is 0 Å². The Kier molecular flexibility index (Phi) is 114. The van der Waals surface area contributed by atoms with Gasteiger partial charge in [-0.15, -0.1) is 0 Å². The first-order valence-corrected chi connectivity index (χ1v) is 3.29. The van der Waals surface area contributed by atoms with E-state index in [1.165, 1.54) is 6.42 Å². The summed E-state index contributed by atoms with van der Waals surface area (Å²) >= 11 is 0. The van der Waals surface area contributed by atoms with Crippen molar-refractivity contribution in [2.24, 2.45) is 5.92 Å². The van der Waals surface area contributed by atoms with Crippen LogP contribution in [0.25, 0.3) is 5.41 Å². The first-order valence-electron chi connectivity index (χ1n) is 3.29. The Balaban J connectivity index is -0.0000000158. The summed E-state index contributed by atoms with van der Waals surface area (Å²) in [5.74, 6) is 0.583. The minimum Gasteiger partial charge on any atom is -0.817 e. The van der Waals surface area contributed by atoms with Gasteiger partial charge in [-0.05, 0) is 0 Å². The van der Waals surface area contributed by atoms with Crippen LogP contribution in [-0.2, 0) is 0 Å². The van der Waals surface area contributed by atoms with Gasteiger partial charge in [-0.1, -0.05) is 34.1 Å². The summed E-state index contributed by atoms with van der Waals surface area (Å²) in [4.78, 5) is 0. The van der Waals surface area contributed by atoms with Crippen LogP contribution in [-0.4, -0.2) is 6.72 Å². The van der Waals surface area contributed by atoms with Crippen molar-refractivity contribution in [2.45, 2.75) is 34.1 Å². The van der Waals surface area contributed by atoms with Gasteiger partial charge in [0, 0.05) is 0 Å². The van der Waals surface area contributed by atoms with E-state index in [9.17, 15) is 0 Å². The molecule has 11 heavy (non-hydrogen) atoms.